The molecule has 0 aliphatic carbocycles. The van der Waals surface area contributed by atoms with Crippen LogP contribution in [0.4, 0.5) is 0 Å². The van der Waals surface area contributed by atoms with E-state index < -0.39 is 10.0 Å². The summed E-state index contributed by atoms with van der Waals surface area (Å²) in [5, 5.41) is 3.29. The largest absolute Gasteiger partial charge is 0.492 e. The highest BCUT2D eigenvalue weighted by molar-refractivity contribution is 7.89. The number of ether oxygens (including phenoxy) is 1. The molecule has 1 heterocycles. The van der Waals surface area contributed by atoms with Crippen molar-refractivity contribution >= 4 is 39.1 Å². The zero-order valence-corrected chi connectivity index (χ0v) is 18.0. The number of sulfonamides is 1. The molecule has 0 spiro atoms. The van der Waals surface area contributed by atoms with E-state index in [1.54, 1.807) is 6.07 Å². The van der Waals surface area contributed by atoms with Crippen LogP contribution in [0.2, 0.25) is 10.0 Å². The summed E-state index contributed by atoms with van der Waals surface area (Å²) in [5.74, 6) is 0.437. The Labute approximate surface area is 180 Å². The maximum absolute atomic E-state index is 12.8. The number of halogens is 2. The van der Waals surface area contributed by atoms with Gasteiger partial charge in [0.15, 0.2) is 0 Å². The Hall–Kier alpha value is -1.80. The van der Waals surface area contributed by atoms with Gasteiger partial charge in [-0.05, 0) is 43.2 Å². The van der Waals surface area contributed by atoms with E-state index in [0.29, 0.717) is 31.0 Å². The van der Waals surface area contributed by atoms with Gasteiger partial charge in [0, 0.05) is 24.0 Å². The third kappa shape index (κ3) is 5.63. The standard InChI is InChI=1S/C20H22Cl2N2O4S/c21-16-6-7-18(22)19(14-16)29(26,27)24-11-8-15(9-12-24)20(25)23-10-13-28-17-4-2-1-3-5-17/h1-7,14-15H,8-13H2,(H,23,25). The molecule has 1 aliphatic heterocycles. The van der Waals surface area contributed by atoms with E-state index in [2.05, 4.69) is 5.32 Å². The smallest absolute Gasteiger partial charge is 0.244 e. The first-order valence-corrected chi connectivity index (χ1v) is 11.5. The van der Waals surface area contributed by atoms with Crippen molar-refractivity contribution in [3.63, 3.8) is 0 Å². The zero-order valence-electron chi connectivity index (χ0n) is 15.7. The fourth-order valence-electron chi connectivity index (χ4n) is 3.18. The van der Waals surface area contributed by atoms with Gasteiger partial charge in [-0.25, -0.2) is 8.42 Å². The van der Waals surface area contributed by atoms with E-state index in [9.17, 15) is 13.2 Å². The van der Waals surface area contributed by atoms with Gasteiger partial charge >= 0.3 is 0 Å². The molecule has 1 saturated heterocycles. The SMILES string of the molecule is O=C(NCCOc1ccccc1)C1CCN(S(=O)(=O)c2cc(Cl)ccc2Cl)CC1. The number of carbonyl (C=O) groups excluding carboxylic acids is 1. The van der Waals surface area contributed by atoms with Crippen LogP contribution in [0.3, 0.4) is 0 Å². The maximum atomic E-state index is 12.8. The van der Waals surface area contributed by atoms with E-state index in [0.717, 1.165) is 5.75 Å². The van der Waals surface area contributed by atoms with Crippen molar-refractivity contribution < 1.29 is 17.9 Å². The highest BCUT2D eigenvalue weighted by Crippen LogP contribution is 2.30. The summed E-state index contributed by atoms with van der Waals surface area (Å²) in [5.41, 5.74) is 0. The third-order valence-electron chi connectivity index (χ3n) is 4.75. The second-order valence-corrected chi connectivity index (χ2v) is 9.46. The van der Waals surface area contributed by atoms with Crippen LogP contribution < -0.4 is 10.1 Å². The molecule has 9 heteroatoms. The van der Waals surface area contributed by atoms with Crippen molar-refractivity contribution in [2.24, 2.45) is 5.92 Å². The Kier molecular flexibility index (Phi) is 7.40. The van der Waals surface area contributed by atoms with Crippen LogP contribution in [0, 0.1) is 5.92 Å². The fraction of sp³-hybridized carbons (Fsp3) is 0.350. The van der Waals surface area contributed by atoms with Crippen LogP contribution in [-0.4, -0.2) is 44.9 Å². The second kappa shape index (κ2) is 9.80. The minimum Gasteiger partial charge on any atom is -0.492 e. The first-order valence-electron chi connectivity index (χ1n) is 9.28. The number of rotatable bonds is 7. The first-order chi connectivity index (χ1) is 13.9. The van der Waals surface area contributed by atoms with Gasteiger partial charge in [-0.2, -0.15) is 4.31 Å². The summed E-state index contributed by atoms with van der Waals surface area (Å²) in [6, 6.07) is 13.7. The molecule has 1 aliphatic rings. The fourth-order valence-corrected chi connectivity index (χ4v) is 5.38. The van der Waals surface area contributed by atoms with Crippen molar-refractivity contribution in [3.8, 4) is 5.75 Å². The van der Waals surface area contributed by atoms with E-state index in [-0.39, 0.29) is 34.8 Å². The predicted octanol–water partition coefficient (Wildman–Crippen LogP) is 3.59. The van der Waals surface area contributed by atoms with Crippen LogP contribution in [-0.2, 0) is 14.8 Å². The molecule has 29 heavy (non-hydrogen) atoms. The average Bonchev–Trinajstić information content (AvgIpc) is 2.73. The highest BCUT2D eigenvalue weighted by atomic mass is 35.5. The predicted molar refractivity (Wildman–Crippen MR) is 113 cm³/mol. The van der Waals surface area contributed by atoms with Gasteiger partial charge in [0.2, 0.25) is 15.9 Å². The van der Waals surface area contributed by atoms with Gasteiger partial charge < -0.3 is 10.1 Å². The van der Waals surface area contributed by atoms with Gasteiger partial charge in [-0.3, -0.25) is 4.79 Å². The van der Waals surface area contributed by atoms with Crippen LogP contribution >= 0.6 is 23.2 Å². The van der Waals surface area contributed by atoms with Crippen LogP contribution in [0.1, 0.15) is 12.8 Å². The number of benzene rings is 2. The van der Waals surface area contributed by atoms with Gasteiger partial charge in [-0.1, -0.05) is 41.4 Å². The lowest BCUT2D eigenvalue weighted by Crippen LogP contribution is -2.43. The van der Waals surface area contributed by atoms with Crippen LogP contribution in [0.15, 0.2) is 53.4 Å². The molecule has 0 saturated carbocycles. The number of nitrogens with one attached hydrogen (secondary N) is 1. The number of hydrogen-bond acceptors (Lipinski definition) is 4. The third-order valence-corrected chi connectivity index (χ3v) is 7.36. The molecule has 0 aromatic heterocycles. The monoisotopic (exact) mass is 456 g/mol. The Bertz CT molecular complexity index is 946. The summed E-state index contributed by atoms with van der Waals surface area (Å²) in [4.78, 5) is 12.4. The number of piperidine rings is 1. The van der Waals surface area contributed by atoms with E-state index >= 15 is 0 Å². The molecule has 6 nitrogen and oxygen atoms in total. The summed E-state index contributed by atoms with van der Waals surface area (Å²) in [6.07, 6.45) is 0.894. The van der Waals surface area contributed by atoms with Gasteiger partial charge in [0.05, 0.1) is 11.6 Å². The first kappa shape index (κ1) is 21.9. The van der Waals surface area contributed by atoms with E-state index in [4.69, 9.17) is 27.9 Å². The Balaban J connectivity index is 1.48. The lowest BCUT2D eigenvalue weighted by atomic mass is 9.97. The number of para-hydroxylation sites is 1. The molecule has 0 atom stereocenters. The Morgan fingerprint density at radius 3 is 2.48 bits per heavy atom. The topological polar surface area (TPSA) is 75.7 Å². The molecule has 156 valence electrons. The number of nitrogens with zero attached hydrogens (tertiary/aromatic N) is 1. The molecule has 1 fully saturated rings. The van der Waals surface area contributed by atoms with Crippen molar-refractivity contribution in [2.75, 3.05) is 26.2 Å². The number of amides is 1. The average molecular weight is 457 g/mol. The molecule has 0 bridgehead atoms. The Morgan fingerprint density at radius 2 is 1.79 bits per heavy atom. The van der Waals surface area contributed by atoms with Gasteiger partial charge in [-0.15, -0.1) is 0 Å². The van der Waals surface area contributed by atoms with Crippen LogP contribution in [0.25, 0.3) is 0 Å². The normalized spacial score (nSPS) is 15.8. The molecular formula is C20H22Cl2N2O4S. The minimum absolute atomic E-state index is 0.00683. The molecular weight excluding hydrogens is 435 g/mol. The molecule has 1 amide bonds. The van der Waals surface area contributed by atoms with Crippen molar-refractivity contribution in [1.82, 2.24) is 9.62 Å². The molecule has 0 unspecified atom stereocenters. The Morgan fingerprint density at radius 1 is 1.10 bits per heavy atom. The van der Waals surface area contributed by atoms with E-state index in [1.807, 2.05) is 30.3 Å². The summed E-state index contributed by atoms with van der Waals surface area (Å²) in [6.45, 7) is 1.27. The second-order valence-electron chi connectivity index (χ2n) is 6.71. The molecule has 1 N–H and O–H groups in total. The van der Waals surface area contributed by atoms with Gasteiger partial charge in [0.1, 0.15) is 17.3 Å². The lowest BCUT2D eigenvalue weighted by Gasteiger charge is -2.30. The maximum Gasteiger partial charge on any atom is 0.244 e. The lowest BCUT2D eigenvalue weighted by molar-refractivity contribution is -0.126. The summed E-state index contributed by atoms with van der Waals surface area (Å²) < 4.78 is 32.6. The molecule has 3 rings (SSSR count). The quantitative estimate of drug-likeness (QED) is 0.645. The summed E-state index contributed by atoms with van der Waals surface area (Å²) in [7, 11) is -3.75. The van der Waals surface area contributed by atoms with Crippen LogP contribution in [0.5, 0.6) is 5.75 Å². The highest BCUT2D eigenvalue weighted by Gasteiger charge is 2.33. The summed E-state index contributed by atoms with van der Waals surface area (Å²) >= 11 is 12.0. The molecule has 2 aromatic carbocycles. The van der Waals surface area contributed by atoms with Crippen molar-refractivity contribution in [1.29, 1.82) is 0 Å². The van der Waals surface area contributed by atoms with E-state index in [1.165, 1.54) is 16.4 Å². The van der Waals surface area contributed by atoms with Crippen molar-refractivity contribution in [3.05, 3.63) is 58.6 Å². The number of carbonyl (C=O) groups is 1. The molecule has 0 radical (unpaired) electrons. The van der Waals surface area contributed by atoms with Crippen molar-refractivity contribution in [2.45, 2.75) is 17.7 Å². The molecule has 2 aromatic rings. The van der Waals surface area contributed by atoms with Gasteiger partial charge in [0.25, 0.3) is 0 Å². The zero-order chi connectivity index (χ0) is 20.9. The number of hydrogen-bond donors (Lipinski definition) is 1. The minimum atomic E-state index is -3.75.